The van der Waals surface area contributed by atoms with Crippen LogP contribution in [0, 0.1) is 0 Å². The molecule has 0 spiro atoms. The Morgan fingerprint density at radius 2 is 2.00 bits per heavy atom. The molecule has 1 aromatic carbocycles. The van der Waals surface area contributed by atoms with Crippen LogP contribution in [0.5, 0.6) is 0 Å². The Balaban J connectivity index is 1.71. The first-order valence-electron chi connectivity index (χ1n) is 7.35. The summed E-state index contributed by atoms with van der Waals surface area (Å²) < 4.78 is 40.0. The minimum Gasteiger partial charge on any atom is -0.344 e. The summed E-state index contributed by atoms with van der Waals surface area (Å²) in [4.78, 5) is 3.97. The second-order valence-electron chi connectivity index (χ2n) is 5.53. The van der Waals surface area contributed by atoms with Gasteiger partial charge in [-0.25, -0.2) is 14.2 Å². The lowest BCUT2D eigenvalue weighted by Crippen LogP contribution is -2.22. The third-order valence-electron chi connectivity index (χ3n) is 3.79. The average Bonchev–Trinajstić information content (AvgIpc) is 3.15. The fourth-order valence-corrected chi connectivity index (χ4v) is 2.60. The number of fused-ring (bicyclic) bond motifs is 2. The Bertz CT molecular complexity index is 1060. The van der Waals surface area contributed by atoms with Gasteiger partial charge in [-0.1, -0.05) is 11.3 Å². The summed E-state index contributed by atoms with van der Waals surface area (Å²) in [5, 5.41) is 14.2. The number of rotatable bonds is 3. The zero-order valence-electron chi connectivity index (χ0n) is 13.0. The van der Waals surface area contributed by atoms with Crippen molar-refractivity contribution in [2.75, 3.05) is 11.9 Å². The molecule has 128 valence electrons. The van der Waals surface area contributed by atoms with Gasteiger partial charge in [0.1, 0.15) is 12.1 Å². The molecule has 3 aromatic heterocycles. The van der Waals surface area contributed by atoms with E-state index in [9.17, 15) is 13.2 Å². The van der Waals surface area contributed by atoms with Crippen LogP contribution < -0.4 is 5.32 Å². The summed E-state index contributed by atoms with van der Waals surface area (Å²) in [6.45, 7) is -1.18. The van der Waals surface area contributed by atoms with E-state index in [-0.39, 0.29) is 5.95 Å². The Kier molecular flexibility index (Phi) is 3.34. The number of halogens is 3. The van der Waals surface area contributed by atoms with Gasteiger partial charge in [-0.15, -0.1) is 10.2 Å². The van der Waals surface area contributed by atoms with Crippen LogP contribution >= 0.6 is 0 Å². The minimum atomic E-state index is -4.33. The number of aryl methyl sites for hydroxylation is 1. The lowest BCUT2D eigenvalue weighted by atomic mass is 10.1. The third kappa shape index (κ3) is 2.86. The molecule has 1 N–H and O–H groups in total. The van der Waals surface area contributed by atoms with Crippen molar-refractivity contribution < 1.29 is 13.2 Å². The number of hydrogen-bond donors (Lipinski definition) is 1. The second kappa shape index (κ2) is 5.43. The Morgan fingerprint density at radius 3 is 2.80 bits per heavy atom. The predicted molar refractivity (Wildman–Crippen MR) is 85.0 cm³/mol. The van der Waals surface area contributed by atoms with Gasteiger partial charge < -0.3 is 5.32 Å². The topological polar surface area (TPSA) is 72.9 Å². The summed E-state index contributed by atoms with van der Waals surface area (Å²) in [7, 11) is 1.80. The molecule has 0 aliphatic carbocycles. The highest BCUT2D eigenvalue weighted by atomic mass is 19.4. The van der Waals surface area contributed by atoms with Crippen molar-refractivity contribution >= 4 is 22.5 Å². The lowest BCUT2D eigenvalue weighted by Gasteiger charge is -2.08. The van der Waals surface area contributed by atoms with Crippen LogP contribution in [0.25, 0.3) is 27.7 Å². The van der Waals surface area contributed by atoms with Gasteiger partial charge in [-0.3, -0.25) is 0 Å². The van der Waals surface area contributed by atoms with E-state index in [0.29, 0.717) is 5.52 Å². The second-order valence-corrected chi connectivity index (χ2v) is 5.53. The molecule has 0 fully saturated rings. The van der Waals surface area contributed by atoms with Gasteiger partial charge in [0.25, 0.3) is 0 Å². The molecule has 4 rings (SSSR count). The van der Waals surface area contributed by atoms with Crippen LogP contribution in [0.4, 0.5) is 19.1 Å². The summed E-state index contributed by atoms with van der Waals surface area (Å²) in [6.07, 6.45) is -1.16. The fourth-order valence-electron chi connectivity index (χ4n) is 2.60. The lowest BCUT2D eigenvalue weighted by molar-refractivity contribution is -0.115. The molecule has 0 bridgehead atoms. The van der Waals surface area contributed by atoms with Crippen molar-refractivity contribution in [3.63, 3.8) is 0 Å². The molecule has 0 atom stereocenters. The monoisotopic (exact) mass is 347 g/mol. The van der Waals surface area contributed by atoms with Gasteiger partial charge >= 0.3 is 6.18 Å². The number of alkyl halides is 3. The summed E-state index contributed by atoms with van der Waals surface area (Å²) >= 11 is 0. The van der Waals surface area contributed by atoms with E-state index in [1.54, 1.807) is 17.9 Å². The van der Waals surface area contributed by atoms with E-state index in [2.05, 4.69) is 25.7 Å². The molecular formula is C15H12F3N7. The highest BCUT2D eigenvalue weighted by Gasteiger charge is 2.27. The molecule has 0 radical (unpaired) electrons. The first kappa shape index (κ1) is 15.4. The van der Waals surface area contributed by atoms with Gasteiger partial charge in [0, 0.05) is 18.8 Å². The van der Waals surface area contributed by atoms with Crippen LogP contribution in [-0.2, 0) is 7.05 Å². The van der Waals surface area contributed by atoms with Crippen molar-refractivity contribution in [2.24, 2.45) is 7.05 Å². The molecule has 10 heteroatoms. The van der Waals surface area contributed by atoms with Gasteiger partial charge in [0.15, 0.2) is 0 Å². The zero-order valence-corrected chi connectivity index (χ0v) is 13.0. The molecule has 25 heavy (non-hydrogen) atoms. The molecule has 0 unspecified atom stereocenters. The maximum absolute atomic E-state index is 12.3. The SMILES string of the molecule is Cn1nnc2ccc(-c3ccn4nc(NCC(F)(F)F)ncc34)cc21. The molecule has 3 heterocycles. The quantitative estimate of drug-likeness (QED) is 0.617. The van der Waals surface area contributed by atoms with E-state index in [4.69, 9.17) is 0 Å². The standard InChI is InChI=1S/C15H12F3N7/c1-24-12-6-9(2-3-11(12)21-23-24)10-4-5-25-13(10)7-19-14(22-25)20-8-15(16,17)18/h2-7H,8H2,1H3,(H,20,22). The van der Waals surface area contributed by atoms with Crippen LogP contribution in [0.2, 0.25) is 0 Å². The molecule has 0 saturated carbocycles. The van der Waals surface area contributed by atoms with Gasteiger partial charge in [0.05, 0.1) is 17.2 Å². The smallest absolute Gasteiger partial charge is 0.344 e. The number of aromatic nitrogens is 6. The molecular weight excluding hydrogens is 335 g/mol. The first-order valence-corrected chi connectivity index (χ1v) is 7.35. The molecule has 0 amide bonds. The fraction of sp³-hybridized carbons (Fsp3) is 0.200. The van der Waals surface area contributed by atoms with E-state index in [1.807, 2.05) is 24.3 Å². The van der Waals surface area contributed by atoms with Crippen LogP contribution in [0.1, 0.15) is 0 Å². The largest absolute Gasteiger partial charge is 0.405 e. The maximum Gasteiger partial charge on any atom is 0.405 e. The van der Waals surface area contributed by atoms with E-state index < -0.39 is 12.7 Å². The van der Waals surface area contributed by atoms with Gasteiger partial charge in [0.2, 0.25) is 5.95 Å². The summed E-state index contributed by atoms with van der Waals surface area (Å²) in [5.74, 6) is -0.0849. The van der Waals surface area contributed by atoms with Crippen LogP contribution in [0.3, 0.4) is 0 Å². The molecule has 4 aromatic rings. The number of benzene rings is 1. The number of anilines is 1. The van der Waals surface area contributed by atoms with Crippen molar-refractivity contribution in [3.05, 3.63) is 36.7 Å². The van der Waals surface area contributed by atoms with Crippen LogP contribution in [0.15, 0.2) is 36.7 Å². The number of hydrogen-bond acceptors (Lipinski definition) is 5. The Hall–Kier alpha value is -3.17. The van der Waals surface area contributed by atoms with Crippen molar-refractivity contribution in [1.29, 1.82) is 0 Å². The normalized spacial score (nSPS) is 12.2. The molecule has 0 aliphatic rings. The summed E-state index contributed by atoms with van der Waals surface area (Å²) in [5.41, 5.74) is 4.13. The number of nitrogens with one attached hydrogen (secondary N) is 1. The third-order valence-corrected chi connectivity index (χ3v) is 3.79. The highest BCUT2D eigenvalue weighted by molar-refractivity contribution is 5.87. The number of nitrogens with zero attached hydrogens (tertiary/aromatic N) is 6. The van der Waals surface area contributed by atoms with Crippen molar-refractivity contribution in [2.45, 2.75) is 6.18 Å². The maximum atomic E-state index is 12.3. The van der Waals surface area contributed by atoms with Gasteiger partial charge in [-0.05, 0) is 23.8 Å². The molecule has 0 aliphatic heterocycles. The minimum absolute atomic E-state index is 0.0849. The predicted octanol–water partition coefficient (Wildman–Crippen LogP) is 2.65. The van der Waals surface area contributed by atoms with E-state index in [1.165, 1.54) is 10.7 Å². The van der Waals surface area contributed by atoms with Crippen molar-refractivity contribution in [1.82, 2.24) is 29.6 Å². The Labute approximate surface area is 139 Å². The average molecular weight is 347 g/mol. The molecule has 0 saturated heterocycles. The zero-order chi connectivity index (χ0) is 17.6. The van der Waals surface area contributed by atoms with E-state index in [0.717, 1.165) is 22.2 Å². The van der Waals surface area contributed by atoms with Gasteiger partial charge in [-0.2, -0.15) is 13.2 Å². The Morgan fingerprint density at radius 1 is 1.16 bits per heavy atom. The molecule has 7 nitrogen and oxygen atoms in total. The first-order chi connectivity index (χ1) is 11.9. The van der Waals surface area contributed by atoms with Crippen molar-refractivity contribution in [3.8, 4) is 11.1 Å². The highest BCUT2D eigenvalue weighted by Crippen LogP contribution is 2.27. The van der Waals surface area contributed by atoms with Crippen LogP contribution in [-0.4, -0.2) is 42.3 Å². The van der Waals surface area contributed by atoms with E-state index >= 15 is 0 Å². The summed E-state index contributed by atoms with van der Waals surface area (Å²) in [6, 6.07) is 7.55.